The van der Waals surface area contributed by atoms with Gasteiger partial charge in [-0.1, -0.05) is 36.8 Å². The van der Waals surface area contributed by atoms with Gasteiger partial charge in [-0.05, 0) is 62.4 Å². The van der Waals surface area contributed by atoms with Crippen molar-refractivity contribution in [3.05, 3.63) is 95.3 Å². The lowest BCUT2D eigenvalue weighted by atomic mass is 10.1. The third kappa shape index (κ3) is 4.08. The number of nitrogens with one attached hydrogen (secondary N) is 1. The Labute approximate surface area is 187 Å². The minimum atomic E-state index is -0.143. The topological polar surface area (TPSA) is 64.7 Å². The van der Waals surface area contributed by atoms with Crippen LogP contribution in [0.5, 0.6) is 0 Å². The first-order chi connectivity index (χ1) is 15.7. The van der Waals surface area contributed by atoms with Crippen LogP contribution in [0.3, 0.4) is 0 Å². The van der Waals surface area contributed by atoms with E-state index in [-0.39, 0.29) is 5.91 Å². The second kappa shape index (κ2) is 8.83. The molecule has 0 fully saturated rings. The number of hydrogen-bond acceptors (Lipinski definition) is 3. The second-order valence-corrected chi connectivity index (χ2v) is 8.34. The molecule has 1 aliphatic rings. The zero-order valence-corrected chi connectivity index (χ0v) is 18.3. The van der Waals surface area contributed by atoms with Gasteiger partial charge in [-0.3, -0.25) is 4.79 Å². The Bertz CT molecular complexity index is 1220. The predicted octanol–water partition coefficient (Wildman–Crippen LogP) is 4.95. The molecule has 0 saturated carbocycles. The maximum atomic E-state index is 13.2. The number of aryl methyl sites for hydroxylation is 1. The molecule has 32 heavy (non-hydrogen) atoms. The van der Waals surface area contributed by atoms with Crippen LogP contribution in [0.25, 0.3) is 5.69 Å². The van der Waals surface area contributed by atoms with Gasteiger partial charge in [0.15, 0.2) is 5.69 Å². The van der Waals surface area contributed by atoms with Gasteiger partial charge in [-0.25, -0.2) is 9.67 Å². The van der Waals surface area contributed by atoms with Gasteiger partial charge < -0.3 is 9.88 Å². The van der Waals surface area contributed by atoms with Crippen LogP contribution in [0.1, 0.15) is 52.4 Å². The lowest BCUT2D eigenvalue weighted by Crippen LogP contribution is -2.15. The Morgan fingerprint density at radius 3 is 2.53 bits per heavy atom. The highest BCUT2D eigenvalue weighted by atomic mass is 16.2. The SMILES string of the molecule is Cc1nccn1Cc1ccc(NC(=O)c2nn(-c3ccccc3)c3c2CCCCC3)cc1. The number of para-hydroxylation sites is 1. The number of aromatic nitrogens is 4. The van der Waals surface area contributed by atoms with Crippen LogP contribution in [0.4, 0.5) is 5.69 Å². The monoisotopic (exact) mass is 425 g/mol. The Hall–Kier alpha value is -3.67. The molecule has 4 aromatic rings. The van der Waals surface area contributed by atoms with Crippen molar-refractivity contribution in [2.45, 2.75) is 45.6 Å². The summed E-state index contributed by atoms with van der Waals surface area (Å²) >= 11 is 0. The number of anilines is 1. The molecule has 0 bridgehead atoms. The maximum absolute atomic E-state index is 13.2. The van der Waals surface area contributed by atoms with E-state index >= 15 is 0 Å². The lowest BCUT2D eigenvalue weighted by molar-refractivity contribution is 0.102. The van der Waals surface area contributed by atoms with Gasteiger partial charge in [0, 0.05) is 35.9 Å². The summed E-state index contributed by atoms with van der Waals surface area (Å²) in [6, 6.07) is 18.1. The average Bonchev–Trinajstić information content (AvgIpc) is 3.30. The molecule has 6 heteroatoms. The molecule has 6 nitrogen and oxygen atoms in total. The molecule has 2 heterocycles. The summed E-state index contributed by atoms with van der Waals surface area (Å²) in [6.07, 6.45) is 9.03. The van der Waals surface area contributed by atoms with Gasteiger partial charge in [0.05, 0.1) is 5.69 Å². The molecule has 0 saturated heterocycles. The smallest absolute Gasteiger partial charge is 0.276 e. The van der Waals surface area contributed by atoms with E-state index in [9.17, 15) is 4.79 Å². The number of carbonyl (C=O) groups is 1. The van der Waals surface area contributed by atoms with E-state index in [2.05, 4.69) is 14.9 Å². The molecular formula is C26H27N5O. The van der Waals surface area contributed by atoms with Crippen LogP contribution < -0.4 is 5.32 Å². The Balaban J connectivity index is 1.38. The van der Waals surface area contributed by atoms with Crippen molar-refractivity contribution in [1.29, 1.82) is 0 Å². The second-order valence-electron chi connectivity index (χ2n) is 8.34. The number of nitrogens with zero attached hydrogens (tertiary/aromatic N) is 4. The molecule has 0 atom stereocenters. The van der Waals surface area contributed by atoms with E-state index in [0.29, 0.717) is 5.69 Å². The third-order valence-corrected chi connectivity index (χ3v) is 6.13. The number of carbonyl (C=O) groups excluding carboxylic acids is 1. The quantitative estimate of drug-likeness (QED) is 0.460. The van der Waals surface area contributed by atoms with E-state index in [4.69, 9.17) is 5.10 Å². The van der Waals surface area contributed by atoms with E-state index in [0.717, 1.165) is 60.6 Å². The minimum Gasteiger partial charge on any atom is -0.331 e. The van der Waals surface area contributed by atoms with Gasteiger partial charge in [0.1, 0.15) is 5.82 Å². The van der Waals surface area contributed by atoms with Crippen molar-refractivity contribution in [3.8, 4) is 5.69 Å². The highest BCUT2D eigenvalue weighted by Crippen LogP contribution is 2.27. The summed E-state index contributed by atoms with van der Waals surface area (Å²) < 4.78 is 4.06. The number of hydrogen-bond donors (Lipinski definition) is 1. The molecule has 2 aromatic carbocycles. The average molecular weight is 426 g/mol. The van der Waals surface area contributed by atoms with E-state index in [1.54, 1.807) is 6.20 Å². The molecule has 1 N–H and O–H groups in total. The van der Waals surface area contributed by atoms with Crippen LogP contribution in [0, 0.1) is 6.92 Å². The lowest BCUT2D eigenvalue weighted by Gasteiger charge is -2.08. The molecule has 0 aliphatic heterocycles. The predicted molar refractivity (Wildman–Crippen MR) is 125 cm³/mol. The number of rotatable bonds is 5. The summed E-state index contributed by atoms with van der Waals surface area (Å²) in [7, 11) is 0. The van der Waals surface area contributed by atoms with E-state index in [1.165, 1.54) is 12.1 Å². The summed E-state index contributed by atoms with van der Waals surface area (Å²) in [4.78, 5) is 17.5. The summed E-state index contributed by atoms with van der Waals surface area (Å²) in [5.74, 6) is 0.841. The largest absolute Gasteiger partial charge is 0.331 e. The molecule has 1 amide bonds. The van der Waals surface area contributed by atoms with Crippen molar-refractivity contribution in [1.82, 2.24) is 19.3 Å². The van der Waals surface area contributed by atoms with Crippen molar-refractivity contribution in [2.75, 3.05) is 5.32 Å². The van der Waals surface area contributed by atoms with Crippen molar-refractivity contribution in [3.63, 3.8) is 0 Å². The van der Waals surface area contributed by atoms with Crippen molar-refractivity contribution in [2.24, 2.45) is 0 Å². The zero-order chi connectivity index (χ0) is 21.9. The normalized spacial score (nSPS) is 13.4. The highest BCUT2D eigenvalue weighted by molar-refractivity contribution is 6.04. The van der Waals surface area contributed by atoms with Crippen LogP contribution >= 0.6 is 0 Å². The molecule has 5 rings (SSSR count). The Kier molecular flexibility index (Phi) is 5.58. The fourth-order valence-corrected chi connectivity index (χ4v) is 4.39. The first kappa shape index (κ1) is 20.2. The van der Waals surface area contributed by atoms with Crippen LogP contribution in [-0.4, -0.2) is 25.2 Å². The molecule has 0 radical (unpaired) electrons. The number of imidazole rings is 1. The van der Waals surface area contributed by atoms with Gasteiger partial charge in [0.25, 0.3) is 5.91 Å². The Morgan fingerprint density at radius 2 is 1.78 bits per heavy atom. The van der Waals surface area contributed by atoms with Crippen LogP contribution in [-0.2, 0) is 19.4 Å². The summed E-state index contributed by atoms with van der Waals surface area (Å²) in [5, 5.41) is 7.83. The first-order valence-electron chi connectivity index (χ1n) is 11.2. The molecule has 162 valence electrons. The molecule has 0 spiro atoms. The number of fused-ring (bicyclic) bond motifs is 1. The van der Waals surface area contributed by atoms with E-state index in [1.807, 2.05) is 72.4 Å². The van der Waals surface area contributed by atoms with Gasteiger partial charge in [0.2, 0.25) is 0 Å². The third-order valence-electron chi connectivity index (χ3n) is 6.13. The fraction of sp³-hybridized carbons (Fsp3) is 0.269. The van der Waals surface area contributed by atoms with E-state index < -0.39 is 0 Å². The molecular weight excluding hydrogens is 398 g/mol. The molecule has 1 aliphatic carbocycles. The van der Waals surface area contributed by atoms with Crippen LogP contribution in [0.15, 0.2) is 67.0 Å². The van der Waals surface area contributed by atoms with Crippen LogP contribution in [0.2, 0.25) is 0 Å². The number of amides is 1. The van der Waals surface area contributed by atoms with Crippen molar-refractivity contribution >= 4 is 11.6 Å². The van der Waals surface area contributed by atoms with Crippen molar-refractivity contribution < 1.29 is 4.79 Å². The standard InChI is InChI=1S/C26H27N5O/c1-19-27-16-17-30(19)18-20-12-14-21(15-13-20)28-26(32)25-23-10-6-3-7-11-24(23)31(29-25)22-8-4-2-5-9-22/h2,4-5,8-9,12-17H,3,6-7,10-11,18H2,1H3,(H,28,32). The van der Waals surface area contributed by atoms with Gasteiger partial charge in [-0.2, -0.15) is 5.10 Å². The van der Waals surface area contributed by atoms with Gasteiger partial charge >= 0.3 is 0 Å². The first-order valence-corrected chi connectivity index (χ1v) is 11.2. The molecule has 0 unspecified atom stereocenters. The summed E-state index contributed by atoms with van der Waals surface area (Å²) in [5.41, 5.74) is 5.75. The minimum absolute atomic E-state index is 0.143. The fourth-order valence-electron chi connectivity index (χ4n) is 4.39. The number of benzene rings is 2. The maximum Gasteiger partial charge on any atom is 0.276 e. The molecule has 2 aromatic heterocycles. The van der Waals surface area contributed by atoms with Gasteiger partial charge in [-0.15, -0.1) is 0 Å². The highest BCUT2D eigenvalue weighted by Gasteiger charge is 2.24. The summed E-state index contributed by atoms with van der Waals surface area (Å²) in [6.45, 7) is 2.75. The Morgan fingerprint density at radius 1 is 1.00 bits per heavy atom. The zero-order valence-electron chi connectivity index (χ0n) is 18.3.